The maximum absolute atomic E-state index is 2.62. The second-order valence-corrected chi connectivity index (χ2v) is 6.91. The van der Waals surface area contributed by atoms with Crippen LogP contribution < -0.4 is 0 Å². The fourth-order valence-corrected chi connectivity index (χ4v) is 2.51. The van der Waals surface area contributed by atoms with Crippen LogP contribution in [0.15, 0.2) is 30.3 Å². The monoisotopic (exact) mass is 260 g/mol. The van der Waals surface area contributed by atoms with E-state index in [1.165, 1.54) is 44.7 Å². The van der Waals surface area contributed by atoms with Crippen molar-refractivity contribution in [3.8, 4) is 0 Å². The minimum atomic E-state index is 0.459. The van der Waals surface area contributed by atoms with Crippen molar-refractivity contribution >= 4 is 0 Å². The third-order valence-electron chi connectivity index (χ3n) is 3.89. The van der Waals surface area contributed by atoms with Gasteiger partial charge in [-0.25, -0.2) is 0 Å². The first kappa shape index (κ1) is 14.5. The van der Waals surface area contributed by atoms with E-state index >= 15 is 0 Å². The van der Waals surface area contributed by atoms with Gasteiger partial charge in [-0.3, -0.25) is 4.90 Å². The van der Waals surface area contributed by atoms with E-state index in [1.54, 1.807) is 0 Å². The predicted octanol–water partition coefficient (Wildman–Crippen LogP) is 3.24. The van der Waals surface area contributed by atoms with E-state index < -0.39 is 0 Å². The lowest BCUT2D eigenvalue weighted by molar-refractivity contribution is 0.116. The van der Waals surface area contributed by atoms with E-state index in [0.717, 1.165) is 6.54 Å². The van der Waals surface area contributed by atoms with Crippen molar-refractivity contribution < 1.29 is 0 Å². The van der Waals surface area contributed by atoms with Crippen molar-refractivity contribution in [2.75, 3.05) is 32.7 Å². The number of hydrogen-bond donors (Lipinski definition) is 0. The maximum atomic E-state index is 2.62. The highest BCUT2D eigenvalue weighted by molar-refractivity contribution is 5.14. The molecule has 0 unspecified atom stereocenters. The van der Waals surface area contributed by atoms with Gasteiger partial charge in [0, 0.05) is 32.7 Å². The molecule has 19 heavy (non-hydrogen) atoms. The van der Waals surface area contributed by atoms with Gasteiger partial charge in [0.05, 0.1) is 0 Å². The average molecular weight is 260 g/mol. The van der Waals surface area contributed by atoms with Gasteiger partial charge in [0.2, 0.25) is 0 Å². The molecule has 0 aromatic heterocycles. The molecule has 0 amide bonds. The highest BCUT2D eigenvalue weighted by atomic mass is 15.3. The fraction of sp³-hybridized carbons (Fsp3) is 0.647. The van der Waals surface area contributed by atoms with E-state index in [2.05, 4.69) is 60.9 Å². The summed E-state index contributed by atoms with van der Waals surface area (Å²) in [7, 11) is 0. The molecule has 0 spiro atoms. The van der Waals surface area contributed by atoms with E-state index in [9.17, 15) is 0 Å². The summed E-state index contributed by atoms with van der Waals surface area (Å²) in [6.07, 6.45) is 1.30. The average Bonchev–Trinajstić information content (AvgIpc) is 2.38. The van der Waals surface area contributed by atoms with Crippen LogP contribution in [0.3, 0.4) is 0 Å². The number of hydrogen-bond acceptors (Lipinski definition) is 2. The Morgan fingerprint density at radius 3 is 2.05 bits per heavy atom. The van der Waals surface area contributed by atoms with Crippen molar-refractivity contribution in [3.63, 3.8) is 0 Å². The molecule has 0 aliphatic carbocycles. The second-order valence-electron chi connectivity index (χ2n) is 6.91. The Hall–Kier alpha value is -0.860. The van der Waals surface area contributed by atoms with Gasteiger partial charge in [-0.05, 0) is 23.9 Å². The molecule has 1 aliphatic rings. The summed E-state index contributed by atoms with van der Waals surface area (Å²) in [5, 5.41) is 0. The normalized spacial score (nSPS) is 18.7. The Bertz CT molecular complexity index is 359. The van der Waals surface area contributed by atoms with Crippen molar-refractivity contribution in [3.05, 3.63) is 35.9 Å². The standard InChI is InChI=1S/C17H28N2/c1-17(2,3)9-10-18-11-13-19(14-12-18)15-16-7-5-4-6-8-16/h4-8H,9-15H2,1-3H3. The molecule has 0 saturated carbocycles. The van der Waals surface area contributed by atoms with Gasteiger partial charge < -0.3 is 4.90 Å². The Morgan fingerprint density at radius 2 is 1.47 bits per heavy atom. The second kappa shape index (κ2) is 6.53. The first-order valence-corrected chi connectivity index (χ1v) is 7.52. The minimum absolute atomic E-state index is 0.459. The first-order valence-electron chi connectivity index (χ1n) is 7.52. The van der Waals surface area contributed by atoms with E-state index in [-0.39, 0.29) is 0 Å². The molecule has 0 N–H and O–H groups in total. The lowest BCUT2D eigenvalue weighted by Crippen LogP contribution is -2.46. The van der Waals surface area contributed by atoms with Crippen LogP contribution in [0.1, 0.15) is 32.8 Å². The van der Waals surface area contributed by atoms with Crippen LogP contribution in [-0.4, -0.2) is 42.5 Å². The van der Waals surface area contributed by atoms with E-state index in [4.69, 9.17) is 0 Å². The van der Waals surface area contributed by atoms with Crippen LogP contribution in [0.2, 0.25) is 0 Å². The fourth-order valence-electron chi connectivity index (χ4n) is 2.51. The van der Waals surface area contributed by atoms with Crippen molar-refractivity contribution in [2.24, 2.45) is 5.41 Å². The first-order chi connectivity index (χ1) is 9.03. The Kier molecular flexibility index (Phi) is 5.00. The topological polar surface area (TPSA) is 6.48 Å². The van der Waals surface area contributed by atoms with Crippen LogP contribution in [-0.2, 0) is 6.54 Å². The molecule has 0 radical (unpaired) electrons. The molecule has 0 bridgehead atoms. The summed E-state index contributed by atoms with van der Waals surface area (Å²) in [4.78, 5) is 5.19. The molecule has 1 fully saturated rings. The van der Waals surface area contributed by atoms with Gasteiger partial charge in [-0.2, -0.15) is 0 Å². The smallest absolute Gasteiger partial charge is 0.0234 e. The van der Waals surface area contributed by atoms with Gasteiger partial charge >= 0.3 is 0 Å². The Morgan fingerprint density at radius 1 is 0.895 bits per heavy atom. The highest BCUT2D eigenvalue weighted by Gasteiger charge is 2.18. The molecule has 1 saturated heterocycles. The molecular weight excluding hydrogens is 232 g/mol. The quantitative estimate of drug-likeness (QED) is 0.820. The van der Waals surface area contributed by atoms with Crippen LogP contribution in [0.25, 0.3) is 0 Å². The van der Waals surface area contributed by atoms with E-state index in [1.807, 2.05) is 0 Å². The molecule has 0 atom stereocenters. The van der Waals surface area contributed by atoms with Crippen LogP contribution in [0, 0.1) is 5.41 Å². The molecule has 1 aromatic carbocycles. The van der Waals surface area contributed by atoms with Gasteiger partial charge in [-0.1, -0.05) is 51.1 Å². The molecule has 106 valence electrons. The molecule has 1 aromatic rings. The van der Waals surface area contributed by atoms with Crippen molar-refractivity contribution in [2.45, 2.75) is 33.7 Å². The SMILES string of the molecule is CC(C)(C)CCN1CCN(Cc2ccccc2)CC1. The summed E-state index contributed by atoms with van der Waals surface area (Å²) in [5.41, 5.74) is 1.90. The lowest BCUT2D eigenvalue weighted by Gasteiger charge is -2.36. The Balaban J connectivity index is 1.71. The third kappa shape index (κ3) is 5.33. The highest BCUT2D eigenvalue weighted by Crippen LogP contribution is 2.19. The minimum Gasteiger partial charge on any atom is -0.301 e. The van der Waals surface area contributed by atoms with Gasteiger partial charge in [0.15, 0.2) is 0 Å². The third-order valence-corrected chi connectivity index (χ3v) is 3.89. The van der Waals surface area contributed by atoms with Gasteiger partial charge in [0.25, 0.3) is 0 Å². The zero-order valence-electron chi connectivity index (χ0n) is 12.7. The van der Waals surface area contributed by atoms with Gasteiger partial charge in [-0.15, -0.1) is 0 Å². The summed E-state index contributed by atoms with van der Waals surface area (Å²) in [5.74, 6) is 0. The van der Waals surface area contributed by atoms with Crippen LogP contribution in [0.5, 0.6) is 0 Å². The summed E-state index contributed by atoms with van der Waals surface area (Å²) < 4.78 is 0. The molecule has 2 rings (SSSR count). The van der Waals surface area contributed by atoms with Crippen molar-refractivity contribution in [1.29, 1.82) is 0 Å². The number of piperazine rings is 1. The van der Waals surface area contributed by atoms with Crippen molar-refractivity contribution in [1.82, 2.24) is 9.80 Å². The maximum Gasteiger partial charge on any atom is 0.0234 e. The Labute approximate surface area is 118 Å². The lowest BCUT2D eigenvalue weighted by atomic mass is 9.92. The largest absolute Gasteiger partial charge is 0.301 e. The van der Waals surface area contributed by atoms with Crippen LogP contribution in [0.4, 0.5) is 0 Å². The van der Waals surface area contributed by atoms with Crippen LogP contribution >= 0.6 is 0 Å². The number of rotatable bonds is 4. The number of benzene rings is 1. The molecule has 2 nitrogen and oxygen atoms in total. The number of nitrogens with zero attached hydrogens (tertiary/aromatic N) is 2. The molecule has 1 aliphatic heterocycles. The molecular formula is C17H28N2. The van der Waals surface area contributed by atoms with E-state index in [0.29, 0.717) is 5.41 Å². The zero-order valence-corrected chi connectivity index (χ0v) is 12.7. The zero-order chi connectivity index (χ0) is 13.7. The molecule has 2 heteroatoms. The summed E-state index contributed by atoms with van der Waals surface area (Å²) in [6, 6.07) is 10.8. The summed E-state index contributed by atoms with van der Waals surface area (Å²) in [6.45, 7) is 14.2. The molecule has 1 heterocycles. The van der Waals surface area contributed by atoms with Gasteiger partial charge in [0.1, 0.15) is 0 Å². The predicted molar refractivity (Wildman–Crippen MR) is 82.2 cm³/mol. The summed E-state index contributed by atoms with van der Waals surface area (Å²) >= 11 is 0.